The van der Waals surface area contributed by atoms with Crippen molar-refractivity contribution in [2.75, 3.05) is 23.8 Å². The monoisotopic (exact) mass is 547 g/mol. The molecule has 2 unspecified atom stereocenters. The van der Waals surface area contributed by atoms with Crippen LogP contribution in [0.25, 0.3) is 16.6 Å². The van der Waals surface area contributed by atoms with Gasteiger partial charge in [0, 0.05) is 24.3 Å². The number of hydrogen-bond donors (Lipinski definition) is 3. The molecule has 2 fully saturated rings. The lowest BCUT2D eigenvalue weighted by molar-refractivity contribution is -0.0895. The van der Waals surface area contributed by atoms with E-state index >= 15 is 0 Å². The van der Waals surface area contributed by atoms with E-state index in [0.29, 0.717) is 30.8 Å². The van der Waals surface area contributed by atoms with Crippen molar-refractivity contribution in [2.24, 2.45) is 7.05 Å². The lowest BCUT2D eigenvalue weighted by Crippen LogP contribution is -2.52. The third kappa shape index (κ3) is 4.22. The van der Waals surface area contributed by atoms with Crippen LogP contribution in [-0.4, -0.2) is 44.2 Å². The molecule has 10 nitrogen and oxygen atoms in total. The Hall–Kier alpha value is -4.22. The molecule has 2 atom stereocenters. The number of benzene rings is 2. The number of aliphatic hydroxyl groups is 1. The minimum Gasteiger partial charge on any atom is -0.394 e. The van der Waals surface area contributed by atoms with E-state index in [2.05, 4.69) is 10.6 Å². The quantitative estimate of drug-likeness (QED) is 0.326. The highest BCUT2D eigenvalue weighted by Crippen LogP contribution is 2.34. The molecule has 3 heterocycles. The Morgan fingerprint density at radius 3 is 2.50 bits per heavy atom. The van der Waals surface area contributed by atoms with Crippen molar-refractivity contribution in [2.45, 2.75) is 44.9 Å². The van der Waals surface area contributed by atoms with Crippen LogP contribution in [0, 0.1) is 19.7 Å². The lowest BCUT2D eigenvalue weighted by Gasteiger charge is -2.36. The largest absolute Gasteiger partial charge is 0.394 e. The molecule has 208 valence electrons. The number of aliphatic hydroxyl groups excluding tert-OH is 1. The Bertz CT molecular complexity index is 1840. The smallest absolute Gasteiger partial charge is 0.336 e. The van der Waals surface area contributed by atoms with Gasteiger partial charge in [-0.25, -0.2) is 9.18 Å². The number of hydrogen-bond acceptors (Lipinski definition) is 7. The van der Waals surface area contributed by atoms with Crippen molar-refractivity contribution in [3.05, 3.63) is 90.6 Å². The molecule has 1 saturated heterocycles. The van der Waals surface area contributed by atoms with Gasteiger partial charge in [-0.3, -0.25) is 23.3 Å². The number of fused-ring (bicyclic) bond motifs is 1. The molecule has 1 aliphatic heterocycles. The molecule has 2 aromatic heterocycles. The summed E-state index contributed by atoms with van der Waals surface area (Å²) in [5, 5.41) is 15.9. The van der Waals surface area contributed by atoms with Crippen LogP contribution in [0.1, 0.15) is 30.0 Å². The van der Waals surface area contributed by atoms with Gasteiger partial charge in [-0.1, -0.05) is 12.1 Å². The van der Waals surface area contributed by atoms with E-state index in [0.717, 1.165) is 5.56 Å². The van der Waals surface area contributed by atoms with E-state index in [4.69, 9.17) is 4.74 Å². The van der Waals surface area contributed by atoms with Crippen molar-refractivity contribution in [3.8, 4) is 5.69 Å². The standard InChI is InChI=1S/C29H30FN5O5/c1-15-7-10-21(20(30)11-15)32-26-24-25(16(2)27(37)33(26)3)34(29(39)35(28(24)38)18-8-9-18)19-6-4-5-17(12-19)31-22-14-40-23(22)13-36/h4-7,10-12,18,22-23,31-32,36H,8-9,13-14H2,1-3H3. The number of aryl methyl sites for hydroxylation is 2. The van der Waals surface area contributed by atoms with Crippen LogP contribution in [0.3, 0.4) is 0 Å². The SMILES string of the molecule is Cc1ccc(Nc2c3c(=O)n(C4CC4)c(=O)n(-c4cccc(NC5COC5CO)c4)c3c(C)c(=O)n2C)c(F)c1. The number of nitrogens with one attached hydrogen (secondary N) is 2. The van der Waals surface area contributed by atoms with Crippen molar-refractivity contribution < 1.29 is 14.2 Å². The van der Waals surface area contributed by atoms with Gasteiger partial charge >= 0.3 is 5.69 Å². The van der Waals surface area contributed by atoms with Gasteiger partial charge in [0.1, 0.15) is 23.1 Å². The Morgan fingerprint density at radius 2 is 1.85 bits per heavy atom. The van der Waals surface area contributed by atoms with Crippen LogP contribution in [0.15, 0.2) is 56.8 Å². The van der Waals surface area contributed by atoms with E-state index in [-0.39, 0.29) is 52.8 Å². The second-order valence-corrected chi connectivity index (χ2v) is 10.5. The second kappa shape index (κ2) is 9.76. The number of halogens is 1. The molecule has 0 bridgehead atoms. The number of nitrogens with zero attached hydrogens (tertiary/aromatic N) is 3. The highest BCUT2D eigenvalue weighted by molar-refractivity contribution is 5.93. The van der Waals surface area contributed by atoms with Crippen LogP contribution < -0.4 is 27.4 Å². The summed E-state index contributed by atoms with van der Waals surface area (Å²) >= 11 is 0. The first-order valence-electron chi connectivity index (χ1n) is 13.2. The van der Waals surface area contributed by atoms with Gasteiger partial charge in [-0.2, -0.15) is 0 Å². The number of anilines is 3. The zero-order chi connectivity index (χ0) is 28.3. The number of pyridine rings is 1. The van der Waals surface area contributed by atoms with E-state index in [1.165, 1.54) is 26.8 Å². The molecule has 6 rings (SSSR count). The fourth-order valence-corrected chi connectivity index (χ4v) is 5.30. The van der Waals surface area contributed by atoms with E-state index in [1.54, 1.807) is 44.2 Å². The summed E-state index contributed by atoms with van der Waals surface area (Å²) in [6, 6.07) is 11.4. The normalized spacial score (nSPS) is 18.5. The first-order chi connectivity index (χ1) is 19.2. The molecule has 40 heavy (non-hydrogen) atoms. The Labute approximate surface area is 228 Å². The summed E-state index contributed by atoms with van der Waals surface area (Å²) in [4.78, 5) is 41.4. The Balaban J connectivity index is 1.62. The van der Waals surface area contributed by atoms with Crippen LogP contribution in [0.4, 0.5) is 21.6 Å². The van der Waals surface area contributed by atoms with Gasteiger partial charge < -0.3 is 20.5 Å². The maximum Gasteiger partial charge on any atom is 0.336 e. The van der Waals surface area contributed by atoms with Crippen molar-refractivity contribution in [1.82, 2.24) is 13.7 Å². The van der Waals surface area contributed by atoms with E-state index in [1.807, 2.05) is 6.07 Å². The first-order valence-corrected chi connectivity index (χ1v) is 13.2. The topological polar surface area (TPSA) is 120 Å². The Kier molecular flexibility index (Phi) is 6.35. The number of rotatable bonds is 7. The fourth-order valence-electron chi connectivity index (χ4n) is 5.30. The second-order valence-electron chi connectivity index (χ2n) is 10.5. The molecular formula is C29H30FN5O5. The highest BCUT2D eigenvalue weighted by atomic mass is 19.1. The summed E-state index contributed by atoms with van der Waals surface area (Å²) in [6.45, 7) is 3.66. The molecule has 1 saturated carbocycles. The maximum atomic E-state index is 14.9. The molecule has 2 aliphatic rings. The third-order valence-electron chi connectivity index (χ3n) is 7.71. The average Bonchev–Trinajstić information content (AvgIpc) is 3.75. The molecule has 0 spiro atoms. The third-order valence-corrected chi connectivity index (χ3v) is 7.71. The molecule has 11 heteroatoms. The zero-order valence-corrected chi connectivity index (χ0v) is 22.4. The predicted octanol–water partition coefficient (Wildman–Crippen LogP) is 2.86. The summed E-state index contributed by atoms with van der Waals surface area (Å²) < 4.78 is 24.2. The molecular weight excluding hydrogens is 517 g/mol. The van der Waals surface area contributed by atoms with Gasteiger partial charge in [-0.05, 0) is 62.6 Å². The summed E-state index contributed by atoms with van der Waals surface area (Å²) in [5.74, 6) is -0.426. The predicted molar refractivity (Wildman–Crippen MR) is 151 cm³/mol. The lowest BCUT2D eigenvalue weighted by atomic mass is 10.1. The van der Waals surface area contributed by atoms with Gasteiger partial charge in [0.2, 0.25) is 0 Å². The molecule has 0 amide bonds. The van der Waals surface area contributed by atoms with Crippen LogP contribution >= 0.6 is 0 Å². The summed E-state index contributed by atoms with van der Waals surface area (Å²) in [7, 11) is 1.52. The van der Waals surface area contributed by atoms with E-state index < -0.39 is 22.6 Å². The first kappa shape index (κ1) is 26.0. The van der Waals surface area contributed by atoms with Crippen molar-refractivity contribution in [1.29, 1.82) is 0 Å². The molecule has 3 N–H and O–H groups in total. The average molecular weight is 548 g/mol. The zero-order valence-electron chi connectivity index (χ0n) is 22.4. The number of aromatic nitrogens is 3. The maximum absolute atomic E-state index is 14.9. The van der Waals surface area contributed by atoms with Crippen molar-refractivity contribution in [3.63, 3.8) is 0 Å². The summed E-state index contributed by atoms with van der Waals surface area (Å²) in [6.07, 6.45) is 1.05. The molecule has 0 radical (unpaired) electrons. The van der Waals surface area contributed by atoms with Gasteiger partial charge in [0.25, 0.3) is 11.1 Å². The molecule has 2 aromatic carbocycles. The van der Waals surface area contributed by atoms with Crippen LogP contribution in [0.5, 0.6) is 0 Å². The van der Waals surface area contributed by atoms with E-state index in [9.17, 15) is 23.9 Å². The van der Waals surface area contributed by atoms with Gasteiger partial charge in [0.15, 0.2) is 0 Å². The van der Waals surface area contributed by atoms with Gasteiger partial charge in [-0.15, -0.1) is 0 Å². The van der Waals surface area contributed by atoms with Crippen LogP contribution in [0.2, 0.25) is 0 Å². The highest BCUT2D eigenvalue weighted by Gasteiger charge is 2.33. The minimum atomic E-state index is -0.541. The number of ether oxygens (including phenoxy) is 1. The minimum absolute atomic E-state index is 0.0941. The molecule has 1 aliphatic carbocycles. The fraction of sp³-hybridized carbons (Fsp3) is 0.345. The Morgan fingerprint density at radius 1 is 1.07 bits per heavy atom. The van der Waals surface area contributed by atoms with Gasteiger partial charge in [0.05, 0.1) is 36.1 Å². The van der Waals surface area contributed by atoms with Crippen LogP contribution in [-0.2, 0) is 11.8 Å². The summed E-state index contributed by atoms with van der Waals surface area (Å²) in [5.41, 5.74) is 0.870. The molecule has 4 aromatic rings. The van der Waals surface area contributed by atoms with Crippen molar-refractivity contribution >= 4 is 28.1 Å².